The van der Waals surface area contributed by atoms with E-state index < -0.39 is 11.9 Å². The summed E-state index contributed by atoms with van der Waals surface area (Å²) in [6.07, 6.45) is 3.68. The van der Waals surface area contributed by atoms with Crippen molar-refractivity contribution in [2.45, 2.75) is 25.3 Å². The summed E-state index contributed by atoms with van der Waals surface area (Å²) in [6, 6.07) is 0.546. The van der Waals surface area contributed by atoms with Crippen molar-refractivity contribution in [1.82, 2.24) is 10.3 Å². The minimum atomic E-state index is -1.82. The molecule has 1 fully saturated rings. The number of nitrogens with one attached hydrogen (secondary N) is 1. The maximum Gasteiger partial charge on any atom is 0.414 e. The molecule has 7 nitrogen and oxygen atoms in total. The molecule has 1 saturated heterocycles. The molecule has 1 unspecified atom stereocenters. The Morgan fingerprint density at radius 3 is 2.25 bits per heavy atom. The van der Waals surface area contributed by atoms with Gasteiger partial charge in [-0.25, -0.2) is 9.59 Å². The molecule has 1 heterocycles. The van der Waals surface area contributed by atoms with Gasteiger partial charge in [0.1, 0.15) is 0 Å². The summed E-state index contributed by atoms with van der Waals surface area (Å²) in [4.78, 5) is 20.6. The Labute approximate surface area is 94.2 Å². The van der Waals surface area contributed by atoms with Crippen molar-refractivity contribution in [3.63, 3.8) is 0 Å². The number of hydrogen-bond acceptors (Lipinski definition) is 5. The highest BCUT2D eigenvalue weighted by atomic mass is 16.4. The number of carboxylic acid groups (broad SMARTS) is 2. The van der Waals surface area contributed by atoms with E-state index in [4.69, 9.17) is 25.6 Å². The summed E-state index contributed by atoms with van der Waals surface area (Å²) in [6.45, 7) is 2.40. The Kier molecular flexibility index (Phi) is 7.44. The van der Waals surface area contributed by atoms with Crippen LogP contribution in [0.15, 0.2) is 0 Å². The molecular formula is C9H19N3O4. The van der Waals surface area contributed by atoms with Crippen LogP contribution in [-0.2, 0) is 9.59 Å². The van der Waals surface area contributed by atoms with Crippen LogP contribution in [0.1, 0.15) is 19.3 Å². The average molecular weight is 233 g/mol. The molecule has 1 aliphatic heterocycles. The molecule has 5 N–H and O–H groups in total. The molecule has 0 radical (unpaired) electrons. The van der Waals surface area contributed by atoms with Gasteiger partial charge in [-0.05, 0) is 39.4 Å². The van der Waals surface area contributed by atoms with Crippen LogP contribution < -0.4 is 11.3 Å². The van der Waals surface area contributed by atoms with Crippen LogP contribution in [0, 0.1) is 0 Å². The third-order valence-electron chi connectivity index (χ3n) is 2.37. The fourth-order valence-electron chi connectivity index (χ4n) is 1.41. The lowest BCUT2D eigenvalue weighted by Gasteiger charge is -2.13. The molecule has 16 heavy (non-hydrogen) atoms. The van der Waals surface area contributed by atoms with Gasteiger partial charge < -0.3 is 15.1 Å². The largest absolute Gasteiger partial charge is 0.473 e. The molecule has 0 saturated carbocycles. The molecule has 0 amide bonds. The molecule has 7 heteroatoms. The SMILES string of the molecule is CN1CCCC(NN)CC1.O=C(O)C(=O)O. The van der Waals surface area contributed by atoms with E-state index in [-0.39, 0.29) is 0 Å². The van der Waals surface area contributed by atoms with Crippen LogP contribution >= 0.6 is 0 Å². The number of carboxylic acids is 2. The van der Waals surface area contributed by atoms with E-state index in [1.165, 1.54) is 32.4 Å². The zero-order chi connectivity index (χ0) is 12.6. The first-order valence-corrected chi connectivity index (χ1v) is 5.08. The molecule has 0 aromatic carbocycles. The van der Waals surface area contributed by atoms with Crippen LogP contribution in [0.3, 0.4) is 0 Å². The van der Waals surface area contributed by atoms with Crippen molar-refractivity contribution in [2.75, 3.05) is 20.1 Å². The summed E-state index contributed by atoms with van der Waals surface area (Å²) in [7, 11) is 2.17. The second kappa shape index (κ2) is 8.03. The second-order valence-electron chi connectivity index (χ2n) is 3.71. The van der Waals surface area contributed by atoms with Crippen molar-refractivity contribution in [2.24, 2.45) is 5.84 Å². The molecular weight excluding hydrogens is 214 g/mol. The van der Waals surface area contributed by atoms with Gasteiger partial charge in [-0.15, -0.1) is 0 Å². The van der Waals surface area contributed by atoms with E-state index in [0.29, 0.717) is 6.04 Å². The Morgan fingerprint density at radius 1 is 1.25 bits per heavy atom. The first kappa shape index (κ1) is 14.8. The molecule has 1 rings (SSSR count). The lowest BCUT2D eigenvalue weighted by molar-refractivity contribution is -0.159. The number of likely N-dealkylation sites (tertiary alicyclic amines) is 1. The monoisotopic (exact) mass is 233 g/mol. The maximum atomic E-state index is 9.10. The smallest absolute Gasteiger partial charge is 0.414 e. The summed E-state index contributed by atoms with van der Waals surface area (Å²) in [5, 5.41) is 14.8. The highest BCUT2D eigenvalue weighted by Gasteiger charge is 2.12. The van der Waals surface area contributed by atoms with Crippen LogP contribution in [0.2, 0.25) is 0 Å². The molecule has 0 aliphatic carbocycles. The van der Waals surface area contributed by atoms with E-state index in [9.17, 15) is 0 Å². The zero-order valence-electron chi connectivity index (χ0n) is 9.35. The van der Waals surface area contributed by atoms with Gasteiger partial charge in [-0.2, -0.15) is 0 Å². The van der Waals surface area contributed by atoms with Crippen molar-refractivity contribution in [3.05, 3.63) is 0 Å². The maximum absolute atomic E-state index is 9.10. The minimum Gasteiger partial charge on any atom is -0.473 e. The van der Waals surface area contributed by atoms with Crippen LogP contribution in [0.25, 0.3) is 0 Å². The number of aliphatic carboxylic acids is 2. The molecule has 0 bridgehead atoms. The normalized spacial score (nSPS) is 21.5. The number of hydrazine groups is 1. The number of nitrogens with zero attached hydrogens (tertiary/aromatic N) is 1. The lowest BCUT2D eigenvalue weighted by Crippen LogP contribution is -2.35. The van der Waals surface area contributed by atoms with Gasteiger partial charge in [0.2, 0.25) is 0 Å². The third kappa shape index (κ3) is 7.16. The Balaban J connectivity index is 0.000000325. The quantitative estimate of drug-likeness (QED) is 0.263. The van der Waals surface area contributed by atoms with Gasteiger partial charge >= 0.3 is 11.9 Å². The number of rotatable bonds is 1. The van der Waals surface area contributed by atoms with Gasteiger partial charge in [-0.1, -0.05) is 0 Å². The Hall–Kier alpha value is -1.18. The van der Waals surface area contributed by atoms with E-state index in [1.54, 1.807) is 0 Å². The molecule has 0 aromatic rings. The van der Waals surface area contributed by atoms with E-state index in [1.807, 2.05) is 0 Å². The summed E-state index contributed by atoms with van der Waals surface area (Å²) in [5.74, 6) is 1.70. The Bertz CT molecular complexity index is 223. The van der Waals surface area contributed by atoms with Crippen LogP contribution in [0.5, 0.6) is 0 Å². The van der Waals surface area contributed by atoms with E-state index in [0.717, 1.165) is 0 Å². The topological polar surface area (TPSA) is 116 Å². The van der Waals surface area contributed by atoms with Crippen molar-refractivity contribution < 1.29 is 19.8 Å². The van der Waals surface area contributed by atoms with Gasteiger partial charge in [0.05, 0.1) is 0 Å². The Morgan fingerprint density at radius 2 is 1.81 bits per heavy atom. The van der Waals surface area contributed by atoms with Gasteiger partial charge in [-0.3, -0.25) is 11.3 Å². The van der Waals surface area contributed by atoms with Gasteiger partial charge in [0.25, 0.3) is 0 Å². The minimum absolute atomic E-state index is 0.546. The summed E-state index contributed by atoms with van der Waals surface area (Å²) in [5.41, 5.74) is 2.84. The average Bonchev–Trinajstić information content (AvgIpc) is 2.43. The van der Waals surface area contributed by atoms with Crippen LogP contribution in [0.4, 0.5) is 0 Å². The van der Waals surface area contributed by atoms with Crippen molar-refractivity contribution in [3.8, 4) is 0 Å². The van der Waals surface area contributed by atoms with Gasteiger partial charge in [0, 0.05) is 6.04 Å². The molecule has 0 spiro atoms. The predicted octanol–water partition coefficient (Wildman–Crippen LogP) is -0.910. The molecule has 94 valence electrons. The lowest BCUT2D eigenvalue weighted by atomic mass is 10.1. The molecule has 1 atom stereocenters. The first-order chi connectivity index (χ1) is 7.47. The highest BCUT2D eigenvalue weighted by molar-refractivity contribution is 6.27. The number of carbonyl (C=O) groups is 2. The van der Waals surface area contributed by atoms with Crippen LogP contribution in [-0.4, -0.2) is 53.2 Å². The fourth-order valence-corrected chi connectivity index (χ4v) is 1.41. The summed E-state index contributed by atoms with van der Waals surface area (Å²) < 4.78 is 0. The van der Waals surface area contributed by atoms with Gasteiger partial charge in [0.15, 0.2) is 0 Å². The number of hydrogen-bond donors (Lipinski definition) is 4. The zero-order valence-corrected chi connectivity index (χ0v) is 9.35. The van der Waals surface area contributed by atoms with E-state index >= 15 is 0 Å². The molecule has 0 aromatic heterocycles. The van der Waals surface area contributed by atoms with E-state index in [2.05, 4.69) is 17.4 Å². The second-order valence-corrected chi connectivity index (χ2v) is 3.71. The molecule has 1 aliphatic rings. The van der Waals surface area contributed by atoms with Crippen molar-refractivity contribution in [1.29, 1.82) is 0 Å². The first-order valence-electron chi connectivity index (χ1n) is 5.08. The highest BCUT2D eigenvalue weighted by Crippen LogP contribution is 2.07. The summed E-state index contributed by atoms with van der Waals surface area (Å²) >= 11 is 0. The third-order valence-corrected chi connectivity index (χ3v) is 2.37. The fraction of sp³-hybridized carbons (Fsp3) is 0.778. The standard InChI is InChI=1S/C7H17N3.C2H2O4/c1-10-5-2-3-7(9-8)4-6-10;3-1(4)2(5)6/h7,9H,2-6,8H2,1H3;(H,3,4)(H,5,6). The predicted molar refractivity (Wildman–Crippen MR) is 57.7 cm³/mol. The number of nitrogens with two attached hydrogens (primary N) is 1. The van der Waals surface area contributed by atoms with Crippen molar-refractivity contribution >= 4 is 11.9 Å².